The van der Waals surface area contributed by atoms with E-state index in [0.717, 1.165) is 45.3 Å². The average Bonchev–Trinajstić information content (AvgIpc) is 3.49. The van der Waals surface area contributed by atoms with E-state index in [4.69, 9.17) is 18.9 Å². The molecule has 190 valence electrons. The van der Waals surface area contributed by atoms with E-state index in [-0.39, 0.29) is 16.9 Å². The second-order valence-corrected chi connectivity index (χ2v) is 15.6. The topological polar surface area (TPSA) is 40.0 Å². The van der Waals surface area contributed by atoms with Crippen LogP contribution in [0.25, 0.3) is 0 Å². The first-order chi connectivity index (χ1) is 16.8. The molecule has 0 spiro atoms. The Morgan fingerprint density at radius 2 is 1.51 bits per heavy atom. The summed E-state index contributed by atoms with van der Waals surface area (Å²) < 4.78 is 18.6. The Hall–Kier alpha value is -1.79. The van der Waals surface area contributed by atoms with Gasteiger partial charge in [0.25, 0.3) is 8.32 Å². The van der Waals surface area contributed by atoms with Crippen molar-refractivity contribution in [2.24, 2.45) is 4.99 Å². The Bertz CT molecular complexity index is 909. The van der Waals surface area contributed by atoms with E-state index >= 15 is 0 Å². The van der Waals surface area contributed by atoms with Crippen molar-refractivity contribution in [2.75, 3.05) is 19.8 Å². The predicted molar refractivity (Wildman–Crippen MR) is 147 cm³/mol. The second kappa shape index (κ2) is 11.5. The summed E-state index contributed by atoms with van der Waals surface area (Å²) in [5.74, 6) is -0.353. The van der Waals surface area contributed by atoms with Gasteiger partial charge in [0, 0.05) is 12.1 Å². The summed E-state index contributed by atoms with van der Waals surface area (Å²) in [4.78, 5) is 5.11. The van der Waals surface area contributed by atoms with Gasteiger partial charge in [-0.15, -0.1) is 0 Å². The summed E-state index contributed by atoms with van der Waals surface area (Å²) in [5, 5.41) is 2.68. The van der Waals surface area contributed by atoms with E-state index in [2.05, 4.69) is 88.4 Å². The van der Waals surface area contributed by atoms with E-state index in [1.54, 1.807) is 0 Å². The van der Waals surface area contributed by atoms with Crippen molar-refractivity contribution in [2.45, 2.75) is 89.5 Å². The molecule has 0 aromatic heterocycles. The van der Waals surface area contributed by atoms with E-state index in [0.29, 0.717) is 6.61 Å². The first-order valence-corrected chi connectivity index (χ1v) is 15.3. The molecule has 0 saturated carbocycles. The zero-order valence-corrected chi connectivity index (χ0v) is 23.1. The third-order valence-corrected chi connectivity index (χ3v) is 12.5. The van der Waals surface area contributed by atoms with Gasteiger partial charge in [-0.3, -0.25) is 4.99 Å². The van der Waals surface area contributed by atoms with Gasteiger partial charge in [0.15, 0.2) is 5.79 Å². The SMILES string of the molecule is CC1(CCCCCC2=N[C@H](CO[Si](c3ccccc3)(c3ccccc3)C(C)(C)C)CC2)OCCO1. The number of nitrogens with zero attached hydrogens (tertiary/aromatic N) is 1. The highest BCUT2D eigenvalue weighted by Gasteiger charge is 2.50. The van der Waals surface area contributed by atoms with Crippen molar-refractivity contribution in [3.63, 3.8) is 0 Å². The van der Waals surface area contributed by atoms with Gasteiger partial charge in [-0.2, -0.15) is 0 Å². The third-order valence-electron chi connectivity index (χ3n) is 7.53. The van der Waals surface area contributed by atoms with Gasteiger partial charge in [0.1, 0.15) is 0 Å². The molecule has 0 unspecified atom stereocenters. The molecule has 2 aliphatic heterocycles. The molecule has 35 heavy (non-hydrogen) atoms. The van der Waals surface area contributed by atoms with Gasteiger partial charge in [0.2, 0.25) is 0 Å². The molecule has 4 rings (SSSR count). The molecule has 1 atom stereocenters. The molecule has 4 nitrogen and oxygen atoms in total. The molecule has 0 bridgehead atoms. The molecule has 2 aromatic rings. The molecule has 1 fully saturated rings. The monoisotopic (exact) mass is 493 g/mol. The molecule has 2 heterocycles. The maximum Gasteiger partial charge on any atom is 0.261 e. The van der Waals surface area contributed by atoms with Gasteiger partial charge in [0.05, 0.1) is 25.9 Å². The zero-order chi connectivity index (χ0) is 24.8. The minimum atomic E-state index is -2.49. The Morgan fingerprint density at radius 3 is 2.09 bits per heavy atom. The van der Waals surface area contributed by atoms with Crippen LogP contribution in [0.3, 0.4) is 0 Å². The molecule has 0 amide bonds. The van der Waals surface area contributed by atoms with Crippen LogP contribution in [0.5, 0.6) is 0 Å². The van der Waals surface area contributed by atoms with Crippen molar-refractivity contribution < 1.29 is 13.9 Å². The first-order valence-electron chi connectivity index (χ1n) is 13.4. The maximum atomic E-state index is 7.11. The molecule has 5 heteroatoms. The number of hydrogen-bond donors (Lipinski definition) is 0. The van der Waals surface area contributed by atoms with Crippen LogP contribution in [0.4, 0.5) is 0 Å². The number of unbranched alkanes of at least 4 members (excludes halogenated alkanes) is 2. The van der Waals surface area contributed by atoms with Gasteiger partial charge in [-0.1, -0.05) is 87.9 Å². The molecule has 0 N–H and O–H groups in total. The van der Waals surface area contributed by atoms with Crippen LogP contribution in [0.2, 0.25) is 5.04 Å². The lowest BCUT2D eigenvalue weighted by atomic mass is 10.0. The van der Waals surface area contributed by atoms with Crippen molar-refractivity contribution in [3.05, 3.63) is 60.7 Å². The Labute approximate surface area is 213 Å². The number of hydrogen-bond acceptors (Lipinski definition) is 4. The van der Waals surface area contributed by atoms with Gasteiger partial charge >= 0.3 is 0 Å². The van der Waals surface area contributed by atoms with Crippen molar-refractivity contribution in [1.82, 2.24) is 0 Å². The predicted octanol–water partition coefficient (Wildman–Crippen LogP) is 5.88. The number of aliphatic imine (C=N–C) groups is 1. The third kappa shape index (κ3) is 6.32. The van der Waals surface area contributed by atoms with E-state index in [9.17, 15) is 0 Å². The summed E-state index contributed by atoms with van der Waals surface area (Å²) in [6.45, 7) is 11.2. The quantitative estimate of drug-likeness (QED) is 0.290. The summed E-state index contributed by atoms with van der Waals surface area (Å²) in [7, 11) is -2.49. The minimum Gasteiger partial charge on any atom is -0.405 e. The van der Waals surface area contributed by atoms with Gasteiger partial charge in [-0.05, 0) is 54.4 Å². The Kier molecular flexibility index (Phi) is 8.64. The normalized spacial score (nSPS) is 20.2. The molecular weight excluding hydrogens is 450 g/mol. The van der Waals surface area contributed by atoms with Crippen LogP contribution in [0.1, 0.15) is 72.6 Å². The van der Waals surface area contributed by atoms with Gasteiger partial charge < -0.3 is 13.9 Å². The average molecular weight is 494 g/mol. The van der Waals surface area contributed by atoms with Crippen molar-refractivity contribution in [1.29, 1.82) is 0 Å². The lowest BCUT2D eigenvalue weighted by molar-refractivity contribution is -0.147. The Morgan fingerprint density at radius 1 is 0.914 bits per heavy atom. The highest BCUT2D eigenvalue weighted by molar-refractivity contribution is 6.99. The molecule has 2 aromatic carbocycles. The molecule has 0 aliphatic carbocycles. The Balaban J connectivity index is 1.37. The van der Waals surface area contributed by atoms with Crippen LogP contribution in [-0.2, 0) is 13.9 Å². The van der Waals surface area contributed by atoms with Gasteiger partial charge in [-0.25, -0.2) is 0 Å². The maximum absolute atomic E-state index is 7.11. The summed E-state index contributed by atoms with van der Waals surface area (Å²) in [6.07, 6.45) is 7.83. The highest BCUT2D eigenvalue weighted by atomic mass is 28.4. The molecular formula is C30H43NO3Si. The summed E-state index contributed by atoms with van der Waals surface area (Å²) in [6, 6.07) is 22.1. The minimum absolute atomic E-state index is 0.00421. The lowest BCUT2D eigenvalue weighted by Crippen LogP contribution is -2.67. The summed E-state index contributed by atoms with van der Waals surface area (Å²) >= 11 is 0. The fourth-order valence-corrected chi connectivity index (χ4v) is 10.3. The number of rotatable bonds is 11. The van der Waals surface area contributed by atoms with Crippen molar-refractivity contribution in [3.8, 4) is 0 Å². The van der Waals surface area contributed by atoms with Crippen molar-refractivity contribution >= 4 is 24.4 Å². The zero-order valence-electron chi connectivity index (χ0n) is 22.1. The number of ether oxygens (including phenoxy) is 2. The van der Waals surface area contributed by atoms with E-state index in [1.807, 2.05) is 0 Å². The molecule has 1 saturated heterocycles. The molecule has 0 radical (unpaired) electrons. The van der Waals surface area contributed by atoms with Crippen LogP contribution in [0.15, 0.2) is 65.7 Å². The molecule has 2 aliphatic rings. The van der Waals surface area contributed by atoms with E-state index < -0.39 is 8.32 Å². The van der Waals surface area contributed by atoms with Crippen LogP contribution in [0, 0.1) is 0 Å². The van der Waals surface area contributed by atoms with Crippen LogP contribution < -0.4 is 10.4 Å². The van der Waals surface area contributed by atoms with Crippen LogP contribution in [-0.4, -0.2) is 45.7 Å². The highest BCUT2D eigenvalue weighted by Crippen LogP contribution is 2.37. The smallest absolute Gasteiger partial charge is 0.261 e. The van der Waals surface area contributed by atoms with Crippen LogP contribution >= 0.6 is 0 Å². The van der Waals surface area contributed by atoms with E-state index in [1.165, 1.54) is 28.9 Å². The summed E-state index contributed by atoms with van der Waals surface area (Å²) in [5.41, 5.74) is 1.38. The first kappa shape index (κ1) is 26.3. The standard InChI is InChI=1S/C30H43NO3Si/c1-29(2,3)35(27-15-9-5-10-16-27,28-17-11-6-12-18-28)34-24-26-20-19-25(31-26)14-8-7-13-21-30(4)32-22-23-33-30/h5-6,9-12,15-18,26H,7-8,13-14,19-24H2,1-4H3/t26-/m0/s1. The second-order valence-electron chi connectivity index (χ2n) is 11.3. The fourth-order valence-electron chi connectivity index (χ4n) is 5.67. The number of benzene rings is 2. The largest absolute Gasteiger partial charge is 0.405 e. The fraction of sp³-hybridized carbons (Fsp3) is 0.567. The lowest BCUT2D eigenvalue weighted by Gasteiger charge is -2.43.